The van der Waals surface area contributed by atoms with Gasteiger partial charge in [0, 0.05) is 32.1 Å². The van der Waals surface area contributed by atoms with Gasteiger partial charge in [-0.15, -0.1) is 0 Å². The summed E-state index contributed by atoms with van der Waals surface area (Å²) in [6.07, 6.45) is 4.25. The van der Waals surface area contributed by atoms with Crippen LogP contribution >= 0.6 is 0 Å². The zero-order chi connectivity index (χ0) is 24.1. The number of benzene rings is 2. The highest BCUT2D eigenvalue weighted by Crippen LogP contribution is 2.27. The van der Waals surface area contributed by atoms with Gasteiger partial charge in [0.1, 0.15) is 17.3 Å². The summed E-state index contributed by atoms with van der Waals surface area (Å²) in [5, 5.41) is 4.37. The van der Waals surface area contributed by atoms with E-state index in [1.165, 1.54) is 10.4 Å². The SMILES string of the molecule is COc1ccc(CN(Cc2ccc(OC)cc2)S(=O)(=O)c2ccn(C3CCCC(=O)C3)n2)cc1. The Morgan fingerprint density at radius 3 is 2.00 bits per heavy atom. The van der Waals surface area contributed by atoms with Gasteiger partial charge in [-0.3, -0.25) is 9.48 Å². The van der Waals surface area contributed by atoms with Crippen molar-refractivity contribution in [2.75, 3.05) is 14.2 Å². The Balaban J connectivity index is 1.62. The van der Waals surface area contributed by atoms with E-state index in [-0.39, 0.29) is 29.9 Å². The van der Waals surface area contributed by atoms with Crippen molar-refractivity contribution in [1.29, 1.82) is 0 Å². The molecule has 0 bridgehead atoms. The van der Waals surface area contributed by atoms with Crippen molar-refractivity contribution < 1.29 is 22.7 Å². The van der Waals surface area contributed by atoms with E-state index in [9.17, 15) is 13.2 Å². The fourth-order valence-electron chi connectivity index (χ4n) is 4.12. The van der Waals surface area contributed by atoms with Crippen LogP contribution in [0, 0.1) is 0 Å². The average molecular weight is 484 g/mol. The smallest absolute Gasteiger partial charge is 0.262 e. The van der Waals surface area contributed by atoms with Crippen molar-refractivity contribution in [3.63, 3.8) is 0 Å². The molecule has 0 saturated heterocycles. The second kappa shape index (κ2) is 10.4. The summed E-state index contributed by atoms with van der Waals surface area (Å²) in [4.78, 5) is 11.9. The maximum absolute atomic E-state index is 13.7. The molecule has 0 radical (unpaired) electrons. The number of hydrogen-bond acceptors (Lipinski definition) is 6. The molecule has 34 heavy (non-hydrogen) atoms. The molecule has 1 aromatic heterocycles. The van der Waals surface area contributed by atoms with Gasteiger partial charge in [0.05, 0.1) is 20.3 Å². The molecule has 1 aliphatic rings. The lowest BCUT2D eigenvalue weighted by molar-refractivity contribution is -0.121. The summed E-state index contributed by atoms with van der Waals surface area (Å²) in [6, 6.07) is 16.0. The molecule has 1 fully saturated rings. The van der Waals surface area contributed by atoms with E-state index in [1.54, 1.807) is 25.1 Å². The maximum Gasteiger partial charge on any atom is 0.262 e. The van der Waals surface area contributed by atoms with E-state index < -0.39 is 10.0 Å². The Morgan fingerprint density at radius 2 is 1.50 bits per heavy atom. The summed E-state index contributed by atoms with van der Waals surface area (Å²) in [5.74, 6) is 1.60. The van der Waals surface area contributed by atoms with Crippen LogP contribution < -0.4 is 9.47 Å². The van der Waals surface area contributed by atoms with Crippen LogP contribution in [0.5, 0.6) is 11.5 Å². The largest absolute Gasteiger partial charge is 0.497 e. The predicted molar refractivity (Wildman–Crippen MR) is 127 cm³/mol. The molecule has 2 aromatic carbocycles. The topological polar surface area (TPSA) is 90.7 Å². The molecule has 180 valence electrons. The lowest BCUT2D eigenvalue weighted by Crippen LogP contribution is -2.31. The minimum Gasteiger partial charge on any atom is -0.497 e. The molecule has 4 rings (SSSR count). The van der Waals surface area contributed by atoms with E-state index in [1.807, 2.05) is 48.5 Å². The summed E-state index contributed by atoms with van der Waals surface area (Å²) < 4.78 is 40.8. The monoisotopic (exact) mass is 483 g/mol. The normalized spacial score (nSPS) is 16.6. The van der Waals surface area contributed by atoms with Gasteiger partial charge in [0.25, 0.3) is 10.0 Å². The van der Waals surface area contributed by atoms with Crippen molar-refractivity contribution in [2.45, 2.75) is 49.8 Å². The number of sulfonamides is 1. The first kappa shape index (κ1) is 24.0. The molecule has 0 spiro atoms. The number of ketones is 1. The van der Waals surface area contributed by atoms with Crippen molar-refractivity contribution >= 4 is 15.8 Å². The Bertz CT molecular complexity index is 1170. The molecule has 1 aliphatic carbocycles. The molecule has 0 aliphatic heterocycles. The average Bonchev–Trinajstić information content (AvgIpc) is 3.36. The Morgan fingerprint density at radius 1 is 0.941 bits per heavy atom. The quantitative estimate of drug-likeness (QED) is 0.457. The van der Waals surface area contributed by atoms with E-state index in [2.05, 4.69) is 5.10 Å². The molecule has 1 atom stereocenters. The lowest BCUT2D eigenvalue weighted by atomic mass is 9.94. The molecule has 1 heterocycles. The number of Topliss-reactive ketones (excluding diaryl/α,β-unsaturated/α-hetero) is 1. The zero-order valence-corrected chi connectivity index (χ0v) is 20.2. The van der Waals surface area contributed by atoms with Gasteiger partial charge in [-0.05, 0) is 54.3 Å². The van der Waals surface area contributed by atoms with Gasteiger partial charge in [0.15, 0.2) is 5.03 Å². The van der Waals surface area contributed by atoms with Gasteiger partial charge in [-0.1, -0.05) is 24.3 Å². The third-order valence-electron chi connectivity index (χ3n) is 6.05. The van der Waals surface area contributed by atoms with Crippen LogP contribution in [0.15, 0.2) is 65.8 Å². The first-order valence-electron chi connectivity index (χ1n) is 11.2. The first-order chi connectivity index (χ1) is 16.4. The number of carbonyl (C=O) groups excluding carboxylic acids is 1. The van der Waals surface area contributed by atoms with Crippen LogP contribution in [0.1, 0.15) is 42.9 Å². The highest BCUT2D eigenvalue weighted by molar-refractivity contribution is 7.89. The first-order valence-corrected chi connectivity index (χ1v) is 12.7. The molecule has 0 amide bonds. The number of ether oxygens (including phenoxy) is 2. The lowest BCUT2D eigenvalue weighted by Gasteiger charge is -2.23. The van der Waals surface area contributed by atoms with Gasteiger partial charge in [0.2, 0.25) is 0 Å². The highest BCUT2D eigenvalue weighted by Gasteiger charge is 2.29. The molecule has 1 unspecified atom stereocenters. The molecule has 9 heteroatoms. The summed E-state index contributed by atoms with van der Waals surface area (Å²) in [6.45, 7) is 0.347. The van der Waals surface area contributed by atoms with Crippen LogP contribution in [0.3, 0.4) is 0 Å². The van der Waals surface area contributed by atoms with Crippen LogP contribution in [0.2, 0.25) is 0 Å². The van der Waals surface area contributed by atoms with Gasteiger partial charge >= 0.3 is 0 Å². The van der Waals surface area contributed by atoms with E-state index in [0.717, 1.165) is 24.0 Å². The minimum atomic E-state index is -3.91. The van der Waals surface area contributed by atoms with E-state index in [4.69, 9.17) is 9.47 Å². The number of nitrogens with zero attached hydrogens (tertiary/aromatic N) is 3. The number of hydrogen-bond donors (Lipinski definition) is 0. The molecular formula is C25H29N3O5S. The van der Waals surface area contributed by atoms with Crippen molar-refractivity contribution in [3.05, 3.63) is 71.9 Å². The Labute approximate surface area is 200 Å². The molecule has 8 nitrogen and oxygen atoms in total. The fraction of sp³-hybridized carbons (Fsp3) is 0.360. The van der Waals surface area contributed by atoms with Gasteiger partial charge < -0.3 is 9.47 Å². The van der Waals surface area contributed by atoms with E-state index >= 15 is 0 Å². The standard InChI is InChI=1S/C25H29N3O5S/c1-32-23-10-6-19(7-11-23)17-27(18-20-8-12-24(33-2)13-9-20)34(30,31)25-14-15-28(26-25)21-4-3-5-22(29)16-21/h6-15,21H,3-5,16-18H2,1-2H3. The number of aromatic nitrogens is 2. The second-order valence-electron chi connectivity index (χ2n) is 8.39. The second-order valence-corrected chi connectivity index (χ2v) is 10.3. The van der Waals surface area contributed by atoms with E-state index in [0.29, 0.717) is 24.3 Å². The number of methoxy groups -OCH3 is 2. The summed E-state index contributed by atoms with van der Waals surface area (Å²) >= 11 is 0. The Hall–Kier alpha value is -3.17. The van der Waals surface area contributed by atoms with Crippen LogP contribution in [0.25, 0.3) is 0 Å². The van der Waals surface area contributed by atoms with Gasteiger partial charge in [-0.25, -0.2) is 8.42 Å². The third kappa shape index (κ3) is 5.48. The predicted octanol–water partition coefficient (Wildman–Crippen LogP) is 3.98. The molecule has 0 N–H and O–H groups in total. The summed E-state index contributed by atoms with van der Waals surface area (Å²) in [5.41, 5.74) is 1.66. The zero-order valence-electron chi connectivity index (χ0n) is 19.4. The summed E-state index contributed by atoms with van der Waals surface area (Å²) in [7, 11) is -0.728. The maximum atomic E-state index is 13.7. The van der Waals surface area contributed by atoms with Crippen molar-refractivity contribution in [2.24, 2.45) is 0 Å². The van der Waals surface area contributed by atoms with Crippen molar-refractivity contribution in [3.8, 4) is 11.5 Å². The molecule has 1 saturated carbocycles. The molecular weight excluding hydrogens is 454 g/mol. The van der Waals surface area contributed by atoms with Crippen molar-refractivity contribution in [1.82, 2.24) is 14.1 Å². The highest BCUT2D eigenvalue weighted by atomic mass is 32.2. The molecule has 3 aromatic rings. The van der Waals surface area contributed by atoms with Crippen LogP contribution in [0.4, 0.5) is 0 Å². The fourth-order valence-corrected chi connectivity index (χ4v) is 5.45. The Kier molecular flexibility index (Phi) is 7.33. The van der Waals surface area contributed by atoms with Crippen LogP contribution in [-0.4, -0.2) is 42.5 Å². The third-order valence-corrected chi connectivity index (χ3v) is 7.74. The number of rotatable bonds is 9. The van der Waals surface area contributed by atoms with Crippen LogP contribution in [-0.2, 0) is 27.9 Å². The van der Waals surface area contributed by atoms with Gasteiger partial charge in [-0.2, -0.15) is 9.40 Å². The minimum absolute atomic E-state index is 0.0208. The number of carbonyl (C=O) groups is 1.